The Morgan fingerprint density at radius 3 is 3.00 bits per heavy atom. The van der Waals surface area contributed by atoms with Gasteiger partial charge in [0.2, 0.25) is 0 Å². The first kappa shape index (κ1) is 15.2. The molecular weight excluding hydrogens is 272 g/mol. The minimum Gasteiger partial charge on any atom is -0.489 e. The van der Waals surface area contributed by atoms with Gasteiger partial charge in [0.25, 0.3) is 5.91 Å². The van der Waals surface area contributed by atoms with Crippen molar-refractivity contribution >= 4 is 17.6 Å². The summed E-state index contributed by atoms with van der Waals surface area (Å²) in [5, 5.41) is 14.9. The number of rotatable bonds is 6. The zero-order valence-corrected chi connectivity index (χ0v) is 12.0. The Hall–Kier alpha value is -2.24. The van der Waals surface area contributed by atoms with Gasteiger partial charge in [0, 0.05) is 12.6 Å². The fraction of sp³-hybridized carbons (Fsp3) is 0.467. The summed E-state index contributed by atoms with van der Waals surface area (Å²) in [6, 6.07) is 4.95. The van der Waals surface area contributed by atoms with Gasteiger partial charge in [0.15, 0.2) is 5.75 Å². The highest BCUT2D eigenvalue weighted by molar-refractivity contribution is 5.99. The Bertz CT molecular complexity index is 530. The number of fused-ring (bicyclic) bond motifs is 1. The number of carbonyl (C=O) groups is 2. The van der Waals surface area contributed by atoms with E-state index in [4.69, 9.17) is 9.84 Å². The lowest BCUT2D eigenvalue weighted by molar-refractivity contribution is -0.137. The summed E-state index contributed by atoms with van der Waals surface area (Å²) in [6.45, 7) is 3.17. The number of carboxylic acids is 1. The van der Waals surface area contributed by atoms with Crippen molar-refractivity contribution in [3.8, 4) is 5.75 Å². The number of carboxylic acid groups (broad SMARTS) is 1. The maximum atomic E-state index is 12.4. The van der Waals surface area contributed by atoms with Gasteiger partial charge < -0.3 is 20.5 Å². The van der Waals surface area contributed by atoms with E-state index < -0.39 is 5.97 Å². The van der Waals surface area contributed by atoms with E-state index >= 15 is 0 Å². The van der Waals surface area contributed by atoms with Crippen molar-refractivity contribution in [2.45, 2.75) is 32.2 Å². The Kier molecular flexibility index (Phi) is 5.03. The summed E-state index contributed by atoms with van der Waals surface area (Å²) < 4.78 is 5.56. The average Bonchev–Trinajstić information content (AvgIpc) is 2.46. The molecule has 1 aromatic carbocycles. The van der Waals surface area contributed by atoms with Crippen molar-refractivity contribution in [1.29, 1.82) is 0 Å². The molecule has 2 rings (SSSR count). The minimum absolute atomic E-state index is 0.0757. The van der Waals surface area contributed by atoms with Gasteiger partial charge in [0.05, 0.1) is 17.7 Å². The van der Waals surface area contributed by atoms with Crippen LogP contribution in [0.4, 0.5) is 5.69 Å². The molecule has 1 aromatic rings. The van der Waals surface area contributed by atoms with Crippen molar-refractivity contribution in [3.05, 3.63) is 23.8 Å². The highest BCUT2D eigenvalue weighted by Gasteiger charge is 2.22. The van der Waals surface area contributed by atoms with Gasteiger partial charge in [0.1, 0.15) is 6.61 Å². The van der Waals surface area contributed by atoms with Gasteiger partial charge >= 0.3 is 5.97 Å². The number of nitrogens with one attached hydrogen (secondary N) is 2. The molecule has 1 aliphatic heterocycles. The maximum Gasteiger partial charge on any atom is 0.305 e. The van der Waals surface area contributed by atoms with Gasteiger partial charge in [-0.05, 0) is 18.6 Å². The molecule has 0 saturated carbocycles. The molecule has 6 nitrogen and oxygen atoms in total. The van der Waals surface area contributed by atoms with Crippen LogP contribution in [0.2, 0.25) is 0 Å². The minimum atomic E-state index is -0.915. The number of hydrogen-bond donors (Lipinski definition) is 3. The number of aliphatic carboxylic acids is 1. The number of ether oxygens (including phenoxy) is 1. The van der Waals surface area contributed by atoms with Crippen LogP contribution in [0, 0.1) is 0 Å². The largest absolute Gasteiger partial charge is 0.489 e. The van der Waals surface area contributed by atoms with Crippen molar-refractivity contribution < 1.29 is 19.4 Å². The maximum absolute atomic E-state index is 12.4. The first-order valence-electron chi connectivity index (χ1n) is 7.14. The second kappa shape index (κ2) is 6.97. The number of benzene rings is 1. The summed E-state index contributed by atoms with van der Waals surface area (Å²) >= 11 is 0. The lowest BCUT2D eigenvalue weighted by atomic mass is 10.1. The lowest BCUT2D eigenvalue weighted by Crippen LogP contribution is -2.37. The van der Waals surface area contributed by atoms with E-state index in [9.17, 15) is 9.59 Å². The van der Waals surface area contributed by atoms with Crippen LogP contribution in [0.25, 0.3) is 0 Å². The van der Waals surface area contributed by atoms with Gasteiger partial charge in [-0.2, -0.15) is 0 Å². The number of anilines is 1. The van der Waals surface area contributed by atoms with Crippen LogP contribution in [0.15, 0.2) is 18.2 Å². The van der Waals surface area contributed by atoms with Crippen molar-refractivity contribution in [2.75, 3.05) is 18.5 Å². The molecule has 1 heterocycles. The van der Waals surface area contributed by atoms with Crippen molar-refractivity contribution in [3.63, 3.8) is 0 Å². The quantitative estimate of drug-likeness (QED) is 0.745. The zero-order chi connectivity index (χ0) is 15.2. The third kappa shape index (κ3) is 3.87. The summed E-state index contributed by atoms with van der Waals surface area (Å²) in [4.78, 5) is 23.2. The Morgan fingerprint density at radius 1 is 1.48 bits per heavy atom. The van der Waals surface area contributed by atoms with Crippen LogP contribution in [-0.2, 0) is 4.79 Å². The van der Waals surface area contributed by atoms with Crippen molar-refractivity contribution in [1.82, 2.24) is 5.32 Å². The third-order valence-electron chi connectivity index (χ3n) is 3.32. The smallest absolute Gasteiger partial charge is 0.305 e. The van der Waals surface area contributed by atoms with E-state index in [1.807, 2.05) is 13.0 Å². The number of carbonyl (C=O) groups excluding carboxylic acids is 1. The molecule has 0 aliphatic carbocycles. The first-order chi connectivity index (χ1) is 10.1. The predicted molar refractivity (Wildman–Crippen MR) is 78.8 cm³/mol. The van der Waals surface area contributed by atoms with Crippen molar-refractivity contribution in [2.24, 2.45) is 0 Å². The summed E-state index contributed by atoms with van der Waals surface area (Å²) in [5.74, 6) is -0.677. The molecule has 0 radical (unpaired) electrons. The zero-order valence-electron chi connectivity index (χ0n) is 12.0. The van der Waals surface area contributed by atoms with E-state index in [1.54, 1.807) is 12.1 Å². The average molecular weight is 292 g/mol. The summed E-state index contributed by atoms with van der Waals surface area (Å²) in [7, 11) is 0. The molecule has 3 N–H and O–H groups in total. The molecule has 0 saturated heterocycles. The highest BCUT2D eigenvalue weighted by atomic mass is 16.5. The molecule has 0 spiro atoms. The molecule has 114 valence electrons. The molecule has 1 unspecified atom stereocenters. The van der Waals surface area contributed by atoms with Crippen LogP contribution < -0.4 is 15.4 Å². The molecular formula is C15H20N2O4. The Morgan fingerprint density at radius 2 is 2.29 bits per heavy atom. The lowest BCUT2D eigenvalue weighted by Gasteiger charge is -2.22. The molecule has 1 atom stereocenters. The normalized spacial score (nSPS) is 14.3. The molecule has 1 amide bonds. The molecule has 21 heavy (non-hydrogen) atoms. The number of amides is 1. The second-order valence-electron chi connectivity index (χ2n) is 5.01. The van der Waals surface area contributed by atoms with Gasteiger partial charge in [-0.15, -0.1) is 0 Å². The monoisotopic (exact) mass is 292 g/mol. The van der Waals surface area contributed by atoms with E-state index in [-0.39, 0.29) is 18.4 Å². The summed E-state index contributed by atoms with van der Waals surface area (Å²) in [6.07, 6.45) is 1.36. The fourth-order valence-electron chi connectivity index (χ4n) is 2.40. The van der Waals surface area contributed by atoms with E-state index in [0.717, 1.165) is 12.1 Å². The molecule has 6 heteroatoms. The molecule has 0 fully saturated rings. The van der Waals surface area contributed by atoms with Crippen LogP contribution >= 0.6 is 0 Å². The predicted octanol–water partition coefficient (Wildman–Crippen LogP) is 1.86. The third-order valence-corrected chi connectivity index (χ3v) is 3.32. The van der Waals surface area contributed by atoms with E-state index in [1.165, 1.54) is 0 Å². The van der Waals surface area contributed by atoms with E-state index in [2.05, 4.69) is 10.6 Å². The summed E-state index contributed by atoms with van der Waals surface area (Å²) in [5.41, 5.74) is 1.23. The Labute approximate surface area is 123 Å². The van der Waals surface area contributed by atoms with Crippen LogP contribution in [0.5, 0.6) is 5.75 Å². The molecule has 1 aliphatic rings. The van der Waals surface area contributed by atoms with Crippen LogP contribution in [0.3, 0.4) is 0 Å². The fourth-order valence-corrected chi connectivity index (χ4v) is 2.40. The topological polar surface area (TPSA) is 87.7 Å². The molecule has 0 aromatic heterocycles. The van der Waals surface area contributed by atoms with E-state index in [0.29, 0.717) is 30.9 Å². The van der Waals surface area contributed by atoms with Crippen LogP contribution in [0.1, 0.15) is 36.5 Å². The first-order valence-corrected chi connectivity index (χ1v) is 7.14. The SMILES string of the molecule is CCCC(CC(=O)O)NC(=O)c1cccc2c1OCCN2. The van der Waals surface area contributed by atoms with Gasteiger partial charge in [-0.1, -0.05) is 19.4 Å². The second-order valence-corrected chi connectivity index (χ2v) is 5.01. The highest BCUT2D eigenvalue weighted by Crippen LogP contribution is 2.31. The van der Waals surface area contributed by atoms with Gasteiger partial charge in [-0.3, -0.25) is 9.59 Å². The number of hydrogen-bond acceptors (Lipinski definition) is 4. The van der Waals surface area contributed by atoms with Gasteiger partial charge in [-0.25, -0.2) is 0 Å². The standard InChI is InChI=1S/C15H20N2O4/c1-2-4-10(9-13(18)19)17-15(20)11-5-3-6-12-14(11)21-8-7-16-12/h3,5-6,10,16H,2,4,7-9H2,1H3,(H,17,20)(H,18,19). The number of para-hydroxylation sites is 1. The Balaban J connectivity index is 2.13. The molecule has 0 bridgehead atoms. The van der Waals surface area contributed by atoms with Crippen LogP contribution in [-0.4, -0.2) is 36.2 Å².